The zero-order chi connectivity index (χ0) is 23.2. The molecule has 176 valence electrons. The van der Waals surface area contributed by atoms with Crippen LogP contribution in [0.2, 0.25) is 0 Å². The number of anilines is 1. The lowest BCUT2D eigenvalue weighted by atomic mass is 10.2. The smallest absolute Gasteiger partial charge is 0.176 e. The molecular formula is C26H33N3O3S. The first-order valence-corrected chi connectivity index (χ1v) is 12.0. The lowest BCUT2D eigenvalue weighted by Crippen LogP contribution is -2.41. The molecule has 0 amide bonds. The van der Waals surface area contributed by atoms with Gasteiger partial charge in [0.1, 0.15) is 5.76 Å². The highest BCUT2D eigenvalue weighted by Crippen LogP contribution is 2.33. The second-order valence-corrected chi connectivity index (χ2v) is 8.89. The molecule has 0 radical (unpaired) electrons. The number of furan rings is 1. The van der Waals surface area contributed by atoms with Crippen LogP contribution in [-0.4, -0.2) is 61.4 Å². The molecule has 4 rings (SSSR count). The minimum absolute atomic E-state index is 0.0309. The Morgan fingerprint density at radius 3 is 2.73 bits per heavy atom. The van der Waals surface area contributed by atoms with Crippen molar-refractivity contribution in [3.63, 3.8) is 0 Å². The molecule has 1 atom stereocenters. The monoisotopic (exact) mass is 467 g/mol. The van der Waals surface area contributed by atoms with Crippen LogP contribution >= 0.6 is 12.2 Å². The van der Waals surface area contributed by atoms with Crippen molar-refractivity contribution >= 4 is 34.0 Å². The molecule has 1 fully saturated rings. The second kappa shape index (κ2) is 11.0. The van der Waals surface area contributed by atoms with Gasteiger partial charge in [-0.1, -0.05) is 24.3 Å². The fourth-order valence-electron chi connectivity index (χ4n) is 4.26. The Hall–Kier alpha value is -2.61. The molecule has 1 N–H and O–H groups in total. The maximum atomic E-state index is 6.27. The van der Waals surface area contributed by atoms with Crippen LogP contribution in [0.15, 0.2) is 52.9 Å². The fraction of sp³-hybridized carbons (Fsp3) is 0.423. The summed E-state index contributed by atoms with van der Waals surface area (Å²) in [5.74, 6) is 1.61. The maximum Gasteiger partial charge on any atom is 0.176 e. The molecule has 7 heteroatoms. The fourth-order valence-corrected chi connectivity index (χ4v) is 4.62. The summed E-state index contributed by atoms with van der Waals surface area (Å²) in [5.41, 5.74) is 2.96. The molecule has 1 aliphatic heterocycles. The molecule has 3 aromatic rings. The number of morpholine rings is 1. The molecular weight excluding hydrogens is 434 g/mol. The first-order chi connectivity index (χ1) is 16.0. The zero-order valence-electron chi connectivity index (χ0n) is 19.7. The number of rotatable bonds is 8. The second-order valence-electron chi connectivity index (χ2n) is 8.50. The average Bonchev–Trinajstić information content (AvgIpc) is 3.27. The van der Waals surface area contributed by atoms with Crippen molar-refractivity contribution in [1.29, 1.82) is 0 Å². The van der Waals surface area contributed by atoms with E-state index in [4.69, 9.17) is 26.1 Å². The molecule has 0 aliphatic carbocycles. The Bertz CT molecular complexity index is 1080. The number of thiocarbonyl (C=S) groups is 1. The Labute approximate surface area is 201 Å². The largest absolute Gasteiger partial charge is 0.493 e. The number of benzene rings is 2. The topological polar surface area (TPSA) is 50.1 Å². The summed E-state index contributed by atoms with van der Waals surface area (Å²) >= 11 is 5.89. The van der Waals surface area contributed by atoms with Crippen molar-refractivity contribution in [2.45, 2.75) is 26.3 Å². The summed E-state index contributed by atoms with van der Waals surface area (Å²) in [4.78, 5) is 4.68. The van der Waals surface area contributed by atoms with E-state index >= 15 is 0 Å². The maximum absolute atomic E-state index is 6.27. The van der Waals surface area contributed by atoms with Crippen molar-refractivity contribution in [2.24, 2.45) is 0 Å². The van der Waals surface area contributed by atoms with E-state index in [1.54, 1.807) is 7.11 Å². The van der Waals surface area contributed by atoms with Gasteiger partial charge in [-0.2, -0.15) is 0 Å². The van der Waals surface area contributed by atoms with E-state index in [0.717, 1.165) is 74.0 Å². The number of ether oxygens (including phenoxy) is 2. The standard InChI is InChI=1S/C26H33N3O3S/c1-19-7-4-9-22(17-19)27-26(33)29(12-6-11-28-13-15-31-16-14-28)20(2)24-18-21-8-5-10-23(30-3)25(21)32-24/h4-5,7-10,17-18,20H,6,11-16H2,1-3H3,(H,27,33)/t20-/m1/s1. The molecule has 0 spiro atoms. The number of hydrogen-bond acceptors (Lipinski definition) is 5. The van der Waals surface area contributed by atoms with E-state index in [0.29, 0.717) is 5.11 Å². The molecule has 33 heavy (non-hydrogen) atoms. The van der Waals surface area contributed by atoms with Crippen LogP contribution in [0.5, 0.6) is 5.75 Å². The number of methoxy groups -OCH3 is 1. The van der Waals surface area contributed by atoms with Gasteiger partial charge in [-0.15, -0.1) is 0 Å². The predicted octanol–water partition coefficient (Wildman–Crippen LogP) is 5.23. The van der Waals surface area contributed by atoms with Gasteiger partial charge in [-0.25, -0.2) is 0 Å². The molecule has 1 saturated heterocycles. The summed E-state index contributed by atoms with van der Waals surface area (Å²) in [6.07, 6.45) is 1.00. The van der Waals surface area contributed by atoms with Crippen LogP contribution in [0, 0.1) is 6.92 Å². The minimum Gasteiger partial charge on any atom is -0.493 e. The van der Waals surface area contributed by atoms with Crippen LogP contribution in [-0.2, 0) is 4.74 Å². The van der Waals surface area contributed by atoms with E-state index in [9.17, 15) is 0 Å². The van der Waals surface area contributed by atoms with Crippen LogP contribution in [0.1, 0.15) is 30.7 Å². The SMILES string of the molecule is COc1cccc2cc([C@@H](C)N(CCCN3CCOCC3)C(=S)Nc3cccc(C)c3)oc12. The number of aryl methyl sites for hydroxylation is 1. The number of para-hydroxylation sites is 1. The molecule has 1 aromatic heterocycles. The molecule has 0 unspecified atom stereocenters. The first-order valence-electron chi connectivity index (χ1n) is 11.6. The molecule has 6 nitrogen and oxygen atoms in total. The highest BCUT2D eigenvalue weighted by molar-refractivity contribution is 7.80. The third kappa shape index (κ3) is 5.85. The van der Waals surface area contributed by atoms with Crippen LogP contribution in [0.4, 0.5) is 5.69 Å². The van der Waals surface area contributed by atoms with Crippen LogP contribution in [0.25, 0.3) is 11.0 Å². The lowest BCUT2D eigenvalue weighted by molar-refractivity contribution is 0.0365. The minimum atomic E-state index is -0.0309. The van der Waals surface area contributed by atoms with Gasteiger partial charge in [0, 0.05) is 37.3 Å². The Morgan fingerprint density at radius 1 is 1.18 bits per heavy atom. The lowest BCUT2D eigenvalue weighted by Gasteiger charge is -2.32. The van der Waals surface area contributed by atoms with Crippen LogP contribution < -0.4 is 10.1 Å². The number of nitrogens with zero attached hydrogens (tertiary/aromatic N) is 2. The summed E-state index contributed by atoms with van der Waals surface area (Å²) in [6.45, 7) is 9.68. The summed E-state index contributed by atoms with van der Waals surface area (Å²) < 4.78 is 17.2. The van der Waals surface area contributed by atoms with Gasteiger partial charge in [0.2, 0.25) is 0 Å². The van der Waals surface area contributed by atoms with E-state index in [1.807, 2.05) is 30.3 Å². The number of hydrogen-bond donors (Lipinski definition) is 1. The number of nitrogens with one attached hydrogen (secondary N) is 1. The molecule has 2 aromatic carbocycles. The van der Waals surface area contributed by atoms with Crippen molar-refractivity contribution in [1.82, 2.24) is 9.80 Å². The Morgan fingerprint density at radius 2 is 1.97 bits per heavy atom. The first kappa shape index (κ1) is 23.5. The highest BCUT2D eigenvalue weighted by Gasteiger charge is 2.23. The zero-order valence-corrected chi connectivity index (χ0v) is 20.5. The van der Waals surface area contributed by atoms with Gasteiger partial charge in [-0.3, -0.25) is 4.90 Å². The quantitative estimate of drug-likeness (QED) is 0.455. The molecule has 0 saturated carbocycles. The summed E-state index contributed by atoms with van der Waals surface area (Å²) in [7, 11) is 1.67. The van der Waals surface area contributed by atoms with Gasteiger partial charge in [0.05, 0.1) is 26.4 Å². The van der Waals surface area contributed by atoms with E-state index in [2.05, 4.69) is 47.2 Å². The molecule has 2 heterocycles. The Kier molecular flexibility index (Phi) is 7.85. The molecule has 0 bridgehead atoms. The van der Waals surface area contributed by atoms with Gasteiger partial charge in [0.15, 0.2) is 16.4 Å². The van der Waals surface area contributed by atoms with Crippen molar-refractivity contribution in [3.8, 4) is 5.75 Å². The van der Waals surface area contributed by atoms with Gasteiger partial charge in [0.25, 0.3) is 0 Å². The van der Waals surface area contributed by atoms with Crippen LogP contribution in [0.3, 0.4) is 0 Å². The summed E-state index contributed by atoms with van der Waals surface area (Å²) in [6, 6.07) is 16.3. The number of fused-ring (bicyclic) bond motifs is 1. The van der Waals surface area contributed by atoms with E-state index in [-0.39, 0.29) is 6.04 Å². The third-order valence-corrected chi connectivity index (χ3v) is 6.47. The third-order valence-electron chi connectivity index (χ3n) is 6.13. The predicted molar refractivity (Wildman–Crippen MR) is 137 cm³/mol. The van der Waals surface area contributed by atoms with E-state index in [1.165, 1.54) is 5.56 Å². The van der Waals surface area contributed by atoms with Crippen molar-refractivity contribution in [3.05, 3.63) is 59.9 Å². The Balaban J connectivity index is 1.53. The summed E-state index contributed by atoms with van der Waals surface area (Å²) in [5, 5.41) is 5.16. The highest BCUT2D eigenvalue weighted by atomic mass is 32.1. The van der Waals surface area contributed by atoms with Crippen molar-refractivity contribution < 1.29 is 13.9 Å². The van der Waals surface area contributed by atoms with Gasteiger partial charge >= 0.3 is 0 Å². The normalized spacial score (nSPS) is 15.4. The van der Waals surface area contributed by atoms with Gasteiger partial charge < -0.3 is 24.1 Å². The van der Waals surface area contributed by atoms with E-state index < -0.39 is 0 Å². The van der Waals surface area contributed by atoms with Gasteiger partial charge in [-0.05, 0) is 62.3 Å². The average molecular weight is 468 g/mol. The van der Waals surface area contributed by atoms with Crippen molar-refractivity contribution in [2.75, 3.05) is 51.8 Å². The molecule has 1 aliphatic rings.